The Morgan fingerprint density at radius 2 is 1.30 bits per heavy atom. The van der Waals surface area contributed by atoms with E-state index < -0.39 is 0 Å². The molecule has 0 saturated heterocycles. The van der Waals surface area contributed by atoms with E-state index in [4.69, 9.17) is 0 Å². The molecule has 0 radical (unpaired) electrons. The van der Waals surface area contributed by atoms with Crippen LogP contribution in [-0.4, -0.2) is 4.57 Å². The highest BCUT2D eigenvalue weighted by Crippen LogP contribution is 2.55. The summed E-state index contributed by atoms with van der Waals surface area (Å²) in [5, 5.41) is 1.34. The SMILES string of the molecule is CC1(C)c2cc(N(c3ccc(-c4ccccc4)cc3)c3ccc(C4C=Cc5c(c6ccccc6n5-c5ccccc5)C4)cc3)ccc2C2C=CCCC21. The lowest BCUT2D eigenvalue weighted by atomic mass is 9.72. The summed E-state index contributed by atoms with van der Waals surface area (Å²) < 4.78 is 2.42. The van der Waals surface area contributed by atoms with Crippen molar-refractivity contribution in [2.24, 2.45) is 5.92 Å². The first-order chi connectivity index (χ1) is 26.0. The van der Waals surface area contributed by atoms with Gasteiger partial charge in [0.15, 0.2) is 0 Å². The maximum absolute atomic E-state index is 2.49. The summed E-state index contributed by atoms with van der Waals surface area (Å²) >= 11 is 0. The maximum atomic E-state index is 2.49. The van der Waals surface area contributed by atoms with Crippen molar-refractivity contribution in [3.63, 3.8) is 0 Å². The summed E-state index contributed by atoms with van der Waals surface area (Å²) in [6.07, 6.45) is 13.1. The van der Waals surface area contributed by atoms with Gasteiger partial charge in [0.25, 0.3) is 0 Å². The van der Waals surface area contributed by atoms with Crippen molar-refractivity contribution in [3.05, 3.63) is 198 Å². The molecule has 2 heteroatoms. The fraction of sp³-hybridized carbons (Fsp3) is 0.176. The van der Waals surface area contributed by atoms with E-state index >= 15 is 0 Å². The van der Waals surface area contributed by atoms with Crippen molar-refractivity contribution < 1.29 is 0 Å². The second-order valence-electron chi connectivity index (χ2n) is 15.7. The van der Waals surface area contributed by atoms with Gasteiger partial charge in [-0.2, -0.15) is 0 Å². The van der Waals surface area contributed by atoms with Crippen LogP contribution in [0, 0.1) is 5.92 Å². The molecule has 0 fully saturated rings. The third kappa shape index (κ3) is 5.31. The Morgan fingerprint density at radius 3 is 2.08 bits per heavy atom. The molecule has 3 aliphatic rings. The lowest BCUT2D eigenvalue weighted by molar-refractivity contribution is 0.301. The van der Waals surface area contributed by atoms with E-state index in [1.807, 2.05) is 0 Å². The van der Waals surface area contributed by atoms with Crippen LogP contribution in [-0.2, 0) is 11.8 Å². The van der Waals surface area contributed by atoms with Crippen molar-refractivity contribution >= 4 is 34.0 Å². The Morgan fingerprint density at radius 1 is 0.642 bits per heavy atom. The van der Waals surface area contributed by atoms with Crippen molar-refractivity contribution in [1.82, 2.24) is 4.57 Å². The Bertz CT molecular complexity index is 2500. The van der Waals surface area contributed by atoms with Gasteiger partial charge in [-0.05, 0) is 125 Å². The second kappa shape index (κ2) is 12.7. The molecule has 53 heavy (non-hydrogen) atoms. The van der Waals surface area contributed by atoms with Crippen LogP contribution in [0.15, 0.2) is 170 Å². The predicted octanol–water partition coefficient (Wildman–Crippen LogP) is 13.5. The van der Waals surface area contributed by atoms with Gasteiger partial charge in [-0.25, -0.2) is 0 Å². The average Bonchev–Trinajstić information content (AvgIpc) is 3.67. The molecule has 6 aromatic carbocycles. The molecule has 0 spiro atoms. The molecule has 0 amide bonds. The first kappa shape index (κ1) is 31.8. The van der Waals surface area contributed by atoms with Crippen LogP contribution < -0.4 is 4.90 Å². The molecule has 258 valence electrons. The highest BCUT2D eigenvalue weighted by molar-refractivity contribution is 5.91. The van der Waals surface area contributed by atoms with Crippen molar-refractivity contribution in [2.45, 2.75) is 50.4 Å². The van der Waals surface area contributed by atoms with Crippen LogP contribution >= 0.6 is 0 Å². The largest absolute Gasteiger partial charge is 0.310 e. The molecule has 3 atom stereocenters. The number of para-hydroxylation sites is 2. The van der Waals surface area contributed by atoms with Crippen LogP contribution in [0.5, 0.6) is 0 Å². The van der Waals surface area contributed by atoms with Crippen molar-refractivity contribution in [1.29, 1.82) is 0 Å². The highest BCUT2D eigenvalue weighted by atomic mass is 15.1. The first-order valence-electron chi connectivity index (χ1n) is 19.3. The molecular formula is C51H44N2. The maximum Gasteiger partial charge on any atom is 0.0537 e. The summed E-state index contributed by atoms with van der Waals surface area (Å²) in [5.41, 5.74) is 15.7. The number of nitrogens with zero attached hydrogens (tertiary/aromatic N) is 2. The third-order valence-electron chi connectivity index (χ3n) is 12.5. The quantitative estimate of drug-likeness (QED) is 0.158. The van der Waals surface area contributed by atoms with Gasteiger partial charge in [0.1, 0.15) is 0 Å². The summed E-state index contributed by atoms with van der Waals surface area (Å²) in [5.74, 6) is 1.48. The molecule has 3 unspecified atom stereocenters. The lowest BCUT2D eigenvalue weighted by Gasteiger charge is -2.33. The molecule has 7 aromatic rings. The van der Waals surface area contributed by atoms with E-state index in [-0.39, 0.29) is 5.41 Å². The standard InChI is InChI=1S/C51H44N2/c1-51(2)47-19-11-9-17-43(47)44-31-30-42(34-48(44)51)52(40-26-21-36(22-27-40)35-13-5-3-6-14-35)41-28-23-37(24-29-41)38-25-32-50-46(33-38)45-18-10-12-20-49(45)53(50)39-15-7-4-8-16-39/h3-10,12-18,20-32,34,38,43,47H,11,19,33H2,1-2H3. The van der Waals surface area contributed by atoms with Gasteiger partial charge in [0.05, 0.1) is 5.52 Å². The number of hydrogen-bond donors (Lipinski definition) is 0. The molecule has 0 aliphatic heterocycles. The number of rotatable bonds is 6. The van der Waals surface area contributed by atoms with Gasteiger partial charge in [0.2, 0.25) is 0 Å². The fourth-order valence-corrected chi connectivity index (χ4v) is 9.74. The van der Waals surface area contributed by atoms with E-state index in [0.29, 0.717) is 17.8 Å². The summed E-state index contributed by atoms with van der Waals surface area (Å²) in [6, 6.07) is 56.0. The van der Waals surface area contributed by atoms with E-state index in [1.165, 1.54) is 85.6 Å². The molecule has 0 bridgehead atoms. The normalized spacial score (nSPS) is 19.5. The number of anilines is 3. The smallest absolute Gasteiger partial charge is 0.0537 e. The zero-order chi connectivity index (χ0) is 35.5. The van der Waals surface area contributed by atoms with Gasteiger partial charge in [0, 0.05) is 45.7 Å². The molecule has 1 heterocycles. The Hall–Kier alpha value is -5.86. The van der Waals surface area contributed by atoms with Crippen LogP contribution in [0.3, 0.4) is 0 Å². The van der Waals surface area contributed by atoms with Crippen molar-refractivity contribution in [2.75, 3.05) is 4.90 Å². The number of fused-ring (bicyclic) bond motifs is 6. The van der Waals surface area contributed by atoms with Gasteiger partial charge in [-0.15, -0.1) is 0 Å². The number of allylic oxidation sites excluding steroid dienone is 3. The average molecular weight is 685 g/mol. The van der Waals surface area contributed by atoms with E-state index in [0.717, 1.165) is 6.42 Å². The fourth-order valence-electron chi connectivity index (χ4n) is 9.74. The highest BCUT2D eigenvalue weighted by Gasteiger charge is 2.45. The van der Waals surface area contributed by atoms with Gasteiger partial charge in [-0.1, -0.05) is 129 Å². The lowest BCUT2D eigenvalue weighted by Crippen LogP contribution is -2.26. The molecular weight excluding hydrogens is 641 g/mol. The minimum Gasteiger partial charge on any atom is -0.310 e. The van der Waals surface area contributed by atoms with Crippen molar-refractivity contribution in [3.8, 4) is 16.8 Å². The first-order valence-corrected chi connectivity index (χ1v) is 19.3. The predicted molar refractivity (Wildman–Crippen MR) is 223 cm³/mol. The van der Waals surface area contributed by atoms with E-state index in [9.17, 15) is 0 Å². The van der Waals surface area contributed by atoms with Crippen LogP contribution in [0.25, 0.3) is 33.8 Å². The molecule has 0 saturated carbocycles. The monoisotopic (exact) mass is 684 g/mol. The summed E-state index contributed by atoms with van der Waals surface area (Å²) in [7, 11) is 0. The van der Waals surface area contributed by atoms with Gasteiger partial charge < -0.3 is 9.47 Å². The van der Waals surface area contributed by atoms with Crippen LogP contribution in [0.4, 0.5) is 17.1 Å². The van der Waals surface area contributed by atoms with Crippen LogP contribution in [0.2, 0.25) is 0 Å². The Balaban J connectivity index is 1.02. The minimum absolute atomic E-state index is 0.128. The van der Waals surface area contributed by atoms with E-state index in [2.05, 4.69) is 199 Å². The summed E-state index contributed by atoms with van der Waals surface area (Å²) in [4.78, 5) is 2.45. The molecule has 10 rings (SSSR count). The zero-order valence-electron chi connectivity index (χ0n) is 30.5. The van der Waals surface area contributed by atoms with Gasteiger partial charge >= 0.3 is 0 Å². The molecule has 3 aliphatic carbocycles. The molecule has 2 nitrogen and oxygen atoms in total. The zero-order valence-corrected chi connectivity index (χ0v) is 30.5. The Kier molecular flexibility index (Phi) is 7.61. The summed E-state index contributed by atoms with van der Waals surface area (Å²) in [6.45, 7) is 4.93. The third-order valence-corrected chi connectivity index (χ3v) is 12.5. The molecule has 1 aromatic heterocycles. The van der Waals surface area contributed by atoms with E-state index in [1.54, 1.807) is 0 Å². The topological polar surface area (TPSA) is 8.17 Å². The number of aromatic nitrogens is 1. The second-order valence-corrected chi connectivity index (χ2v) is 15.7. The minimum atomic E-state index is 0.128. The molecule has 0 N–H and O–H groups in total. The van der Waals surface area contributed by atoms with Crippen LogP contribution in [0.1, 0.15) is 66.5 Å². The number of benzene rings is 6. The number of hydrogen-bond acceptors (Lipinski definition) is 1. The Labute approximate surface area is 313 Å². The van der Waals surface area contributed by atoms with Gasteiger partial charge in [-0.3, -0.25) is 0 Å².